The Morgan fingerprint density at radius 1 is 0.692 bits per heavy atom. The van der Waals surface area contributed by atoms with Crippen molar-refractivity contribution in [2.75, 3.05) is 0 Å². The molecule has 0 heteroatoms. The van der Waals surface area contributed by atoms with E-state index in [-0.39, 0.29) is 5.41 Å². The molecule has 126 valence electrons. The van der Waals surface area contributed by atoms with Gasteiger partial charge in [-0.2, -0.15) is 0 Å². The third kappa shape index (κ3) is 1.69. The summed E-state index contributed by atoms with van der Waals surface area (Å²) < 4.78 is 0. The monoisotopic (exact) mass is 334 g/mol. The molecule has 1 spiro atoms. The Morgan fingerprint density at radius 2 is 1.31 bits per heavy atom. The van der Waals surface area contributed by atoms with E-state index in [1.807, 2.05) is 0 Å². The predicted octanol–water partition coefficient (Wildman–Crippen LogP) is 6.67. The minimum atomic E-state index is -0.188. The summed E-state index contributed by atoms with van der Waals surface area (Å²) in [7, 11) is 0. The predicted molar refractivity (Wildman–Crippen MR) is 110 cm³/mol. The van der Waals surface area contributed by atoms with Gasteiger partial charge in [0, 0.05) is 0 Å². The van der Waals surface area contributed by atoms with E-state index in [4.69, 9.17) is 0 Å². The quantitative estimate of drug-likeness (QED) is 0.466. The molecule has 5 rings (SSSR count). The summed E-state index contributed by atoms with van der Waals surface area (Å²) in [5, 5.41) is 0. The van der Waals surface area contributed by atoms with Crippen molar-refractivity contribution in [2.45, 2.75) is 26.2 Å². The number of benzene rings is 3. The molecule has 0 nitrogen and oxygen atoms in total. The fraction of sp³-hybridized carbons (Fsp3) is 0.154. The molecule has 2 aliphatic rings. The number of hydrogen-bond acceptors (Lipinski definition) is 0. The highest BCUT2D eigenvalue weighted by molar-refractivity contribution is 5.95. The maximum absolute atomic E-state index is 2.35. The average Bonchev–Trinajstić information content (AvgIpc) is 3.09. The largest absolute Gasteiger partial charge is 0.0873 e. The van der Waals surface area contributed by atoms with Crippen LogP contribution in [0.1, 0.15) is 41.7 Å². The van der Waals surface area contributed by atoms with Crippen molar-refractivity contribution in [2.24, 2.45) is 0 Å². The Balaban J connectivity index is 2.01. The average molecular weight is 334 g/mol. The first kappa shape index (κ1) is 15.4. The first-order valence-corrected chi connectivity index (χ1v) is 9.34. The fourth-order valence-electron chi connectivity index (χ4n) is 5.10. The van der Waals surface area contributed by atoms with Crippen LogP contribution in [0.4, 0.5) is 0 Å². The molecule has 0 N–H and O–H groups in total. The summed E-state index contributed by atoms with van der Waals surface area (Å²) in [6.07, 6.45) is 4.50. The number of hydrogen-bond donors (Lipinski definition) is 0. The molecular formula is C26H22. The van der Waals surface area contributed by atoms with Gasteiger partial charge in [0.1, 0.15) is 0 Å². The molecular weight excluding hydrogens is 312 g/mol. The molecule has 26 heavy (non-hydrogen) atoms. The molecule has 0 amide bonds. The van der Waals surface area contributed by atoms with Gasteiger partial charge in [0.05, 0.1) is 5.41 Å². The molecule has 0 bridgehead atoms. The van der Waals surface area contributed by atoms with Gasteiger partial charge in [-0.1, -0.05) is 84.4 Å². The Kier molecular flexibility index (Phi) is 3.15. The number of aryl methyl sites for hydroxylation is 1. The van der Waals surface area contributed by atoms with E-state index in [1.165, 1.54) is 50.1 Å². The Bertz CT molecular complexity index is 1110. The van der Waals surface area contributed by atoms with Gasteiger partial charge in [-0.25, -0.2) is 0 Å². The zero-order valence-corrected chi connectivity index (χ0v) is 15.5. The van der Waals surface area contributed by atoms with Crippen LogP contribution in [0, 0.1) is 6.92 Å². The van der Waals surface area contributed by atoms with Crippen LogP contribution in [-0.4, -0.2) is 0 Å². The van der Waals surface area contributed by atoms with E-state index in [0.29, 0.717) is 0 Å². The van der Waals surface area contributed by atoms with Crippen molar-refractivity contribution in [1.82, 2.24) is 0 Å². The van der Waals surface area contributed by atoms with E-state index >= 15 is 0 Å². The standard InChI is InChI=1S/C26H22/c1-4-9-22-18(3)19-10-5-7-12-23(19)26(22)24-13-8-6-11-20(24)21-16-17(2)14-15-25(21)26/h4-16H,1-3H3/b9-4-. The first-order valence-electron chi connectivity index (χ1n) is 9.34. The van der Waals surface area contributed by atoms with Crippen LogP contribution in [0.15, 0.2) is 84.5 Å². The highest BCUT2D eigenvalue weighted by atomic mass is 14.5. The van der Waals surface area contributed by atoms with Crippen molar-refractivity contribution in [1.29, 1.82) is 0 Å². The van der Waals surface area contributed by atoms with Crippen LogP contribution in [0.5, 0.6) is 0 Å². The third-order valence-corrected chi connectivity index (χ3v) is 6.08. The zero-order chi connectivity index (χ0) is 17.9. The number of rotatable bonds is 1. The Hall–Kier alpha value is -2.86. The van der Waals surface area contributed by atoms with Gasteiger partial charge in [-0.05, 0) is 65.3 Å². The van der Waals surface area contributed by atoms with Crippen LogP contribution in [0.25, 0.3) is 16.7 Å². The second-order valence-electron chi connectivity index (χ2n) is 7.43. The van der Waals surface area contributed by atoms with E-state index in [2.05, 4.69) is 99.7 Å². The number of allylic oxidation sites excluding steroid dienone is 4. The van der Waals surface area contributed by atoms with Crippen LogP contribution in [-0.2, 0) is 5.41 Å². The Morgan fingerprint density at radius 3 is 2.04 bits per heavy atom. The van der Waals surface area contributed by atoms with Crippen LogP contribution in [0.2, 0.25) is 0 Å². The molecule has 0 aliphatic heterocycles. The molecule has 1 atom stereocenters. The minimum absolute atomic E-state index is 0.188. The molecule has 3 aromatic carbocycles. The van der Waals surface area contributed by atoms with Crippen molar-refractivity contribution < 1.29 is 0 Å². The van der Waals surface area contributed by atoms with E-state index < -0.39 is 0 Å². The minimum Gasteiger partial charge on any atom is -0.0873 e. The number of fused-ring (bicyclic) bond motifs is 7. The lowest BCUT2D eigenvalue weighted by Gasteiger charge is -2.31. The molecule has 0 aromatic heterocycles. The molecule has 0 radical (unpaired) electrons. The van der Waals surface area contributed by atoms with Gasteiger partial charge in [0.2, 0.25) is 0 Å². The maximum Gasteiger partial charge on any atom is 0.0722 e. The summed E-state index contributed by atoms with van der Waals surface area (Å²) in [6.45, 7) is 6.58. The molecule has 0 fully saturated rings. The highest BCUT2D eigenvalue weighted by Crippen LogP contribution is 2.61. The second kappa shape index (κ2) is 5.32. The molecule has 0 heterocycles. The highest BCUT2D eigenvalue weighted by Gasteiger charge is 2.51. The lowest BCUT2D eigenvalue weighted by Crippen LogP contribution is -2.26. The molecule has 1 unspecified atom stereocenters. The van der Waals surface area contributed by atoms with E-state index in [9.17, 15) is 0 Å². The first-order chi connectivity index (χ1) is 12.7. The lowest BCUT2D eigenvalue weighted by atomic mass is 9.69. The van der Waals surface area contributed by atoms with Gasteiger partial charge < -0.3 is 0 Å². The van der Waals surface area contributed by atoms with Gasteiger partial charge in [0.25, 0.3) is 0 Å². The topological polar surface area (TPSA) is 0 Å². The summed E-state index contributed by atoms with van der Waals surface area (Å²) in [4.78, 5) is 0. The Labute approximate surface area is 155 Å². The normalized spacial score (nSPS) is 20.0. The van der Waals surface area contributed by atoms with Crippen molar-refractivity contribution in [3.8, 4) is 11.1 Å². The third-order valence-electron chi connectivity index (χ3n) is 6.08. The molecule has 2 aliphatic carbocycles. The van der Waals surface area contributed by atoms with Crippen LogP contribution in [0.3, 0.4) is 0 Å². The van der Waals surface area contributed by atoms with Gasteiger partial charge >= 0.3 is 0 Å². The zero-order valence-electron chi connectivity index (χ0n) is 15.5. The second-order valence-corrected chi connectivity index (χ2v) is 7.43. The summed E-state index contributed by atoms with van der Waals surface area (Å²) in [5.41, 5.74) is 12.3. The van der Waals surface area contributed by atoms with Crippen LogP contribution >= 0.6 is 0 Å². The lowest BCUT2D eigenvalue weighted by molar-refractivity contribution is 0.785. The van der Waals surface area contributed by atoms with Crippen LogP contribution < -0.4 is 0 Å². The SMILES string of the molecule is C/C=C\C1=C(C)c2ccccc2C12c1ccccc1-c1cc(C)ccc12. The van der Waals surface area contributed by atoms with Crippen molar-refractivity contribution in [3.05, 3.63) is 112 Å². The van der Waals surface area contributed by atoms with Gasteiger partial charge in [-0.15, -0.1) is 0 Å². The summed E-state index contributed by atoms with van der Waals surface area (Å²) in [6, 6.07) is 24.9. The molecule has 0 saturated heterocycles. The smallest absolute Gasteiger partial charge is 0.0722 e. The van der Waals surface area contributed by atoms with Gasteiger partial charge in [-0.3, -0.25) is 0 Å². The van der Waals surface area contributed by atoms with E-state index in [1.54, 1.807) is 0 Å². The van der Waals surface area contributed by atoms with Crippen molar-refractivity contribution in [3.63, 3.8) is 0 Å². The fourth-order valence-corrected chi connectivity index (χ4v) is 5.10. The van der Waals surface area contributed by atoms with Crippen molar-refractivity contribution >= 4 is 5.57 Å². The maximum atomic E-state index is 2.35. The summed E-state index contributed by atoms with van der Waals surface area (Å²) in [5.74, 6) is 0. The molecule has 3 aromatic rings. The van der Waals surface area contributed by atoms with Gasteiger partial charge in [0.15, 0.2) is 0 Å². The summed E-state index contributed by atoms with van der Waals surface area (Å²) >= 11 is 0. The molecule has 0 saturated carbocycles. The van der Waals surface area contributed by atoms with E-state index in [0.717, 1.165) is 0 Å².